The van der Waals surface area contributed by atoms with E-state index in [9.17, 15) is 4.39 Å². The zero-order valence-electron chi connectivity index (χ0n) is 10.7. The summed E-state index contributed by atoms with van der Waals surface area (Å²) >= 11 is 0. The highest BCUT2D eigenvalue weighted by atomic mass is 19.1. The van der Waals surface area contributed by atoms with Gasteiger partial charge < -0.3 is 0 Å². The van der Waals surface area contributed by atoms with E-state index in [1.807, 2.05) is 60.7 Å². The van der Waals surface area contributed by atoms with E-state index in [2.05, 4.69) is 6.92 Å². The quantitative estimate of drug-likeness (QED) is 0.530. The molecule has 18 heavy (non-hydrogen) atoms. The molecule has 0 aliphatic carbocycles. The first kappa shape index (κ1) is 12.8. The molecule has 0 N–H and O–H groups in total. The molecule has 2 heteroatoms. The molecule has 0 heterocycles. The summed E-state index contributed by atoms with van der Waals surface area (Å²) in [5.41, 5.74) is 2.01. The van der Waals surface area contributed by atoms with Crippen LogP contribution in [0.2, 0.25) is 0 Å². The summed E-state index contributed by atoms with van der Waals surface area (Å²) in [5, 5.41) is 0. The second-order valence-corrected chi connectivity index (χ2v) is 4.48. The lowest BCUT2D eigenvalue weighted by molar-refractivity contribution is 0.260. The van der Waals surface area contributed by atoms with Crippen molar-refractivity contribution in [2.45, 2.75) is 13.3 Å². The highest BCUT2D eigenvalue weighted by Crippen LogP contribution is 2.34. The first-order valence-corrected chi connectivity index (χ1v) is 6.38. The Morgan fingerprint density at radius 1 is 0.833 bits per heavy atom. The molecule has 94 valence electrons. The van der Waals surface area contributed by atoms with Crippen molar-refractivity contribution >= 4 is 11.4 Å². The van der Waals surface area contributed by atoms with Crippen LogP contribution in [0.3, 0.4) is 0 Å². The van der Waals surface area contributed by atoms with Crippen molar-refractivity contribution in [2.24, 2.45) is 0 Å². The smallest absolute Gasteiger partial charge is 0.231 e. The standard InChI is InChI=1S/C16H19FN/c1-2-13-18(14-17,15-9-5-3-6-10-15)16-11-7-4-8-12-16/h3-12H,2,13-14H2,1H3/q+1. The summed E-state index contributed by atoms with van der Waals surface area (Å²) in [7, 11) is 0. The molecule has 0 radical (unpaired) electrons. The van der Waals surface area contributed by atoms with Gasteiger partial charge in [-0.2, -0.15) is 4.39 Å². The molecule has 0 unspecified atom stereocenters. The fourth-order valence-electron chi connectivity index (χ4n) is 2.41. The van der Waals surface area contributed by atoms with Crippen molar-refractivity contribution in [1.29, 1.82) is 0 Å². The summed E-state index contributed by atoms with van der Waals surface area (Å²) in [6.45, 7) is 2.45. The fraction of sp³-hybridized carbons (Fsp3) is 0.250. The molecule has 0 amide bonds. The van der Waals surface area contributed by atoms with Gasteiger partial charge in [0.1, 0.15) is 11.4 Å². The minimum Gasteiger partial charge on any atom is -0.233 e. The number of benzene rings is 2. The summed E-state index contributed by atoms with van der Waals surface area (Å²) in [5.74, 6) is 0. The maximum Gasteiger partial charge on any atom is 0.231 e. The summed E-state index contributed by atoms with van der Waals surface area (Å²) in [4.78, 5) is 0. The van der Waals surface area contributed by atoms with Crippen molar-refractivity contribution < 1.29 is 4.39 Å². The van der Waals surface area contributed by atoms with Crippen molar-refractivity contribution in [3.8, 4) is 0 Å². The number of halogens is 1. The van der Waals surface area contributed by atoms with Crippen LogP contribution in [0, 0.1) is 0 Å². The molecule has 2 aromatic carbocycles. The van der Waals surface area contributed by atoms with E-state index in [4.69, 9.17) is 0 Å². The predicted molar refractivity (Wildman–Crippen MR) is 75.5 cm³/mol. The molecule has 1 nitrogen and oxygen atoms in total. The van der Waals surface area contributed by atoms with Crippen LogP contribution in [-0.4, -0.2) is 13.3 Å². The number of rotatable bonds is 5. The summed E-state index contributed by atoms with van der Waals surface area (Å²) in [6.07, 6.45) is 0.938. The van der Waals surface area contributed by atoms with Gasteiger partial charge in [-0.1, -0.05) is 43.3 Å². The molecule has 0 atom stereocenters. The van der Waals surface area contributed by atoms with E-state index in [0.29, 0.717) is 0 Å². The van der Waals surface area contributed by atoms with Crippen LogP contribution in [0.25, 0.3) is 0 Å². The van der Waals surface area contributed by atoms with Crippen molar-refractivity contribution in [2.75, 3.05) is 13.3 Å². The average Bonchev–Trinajstić information content (AvgIpc) is 2.47. The first-order chi connectivity index (χ1) is 8.83. The minimum absolute atomic E-state index is 0.276. The van der Waals surface area contributed by atoms with Crippen LogP contribution in [0.4, 0.5) is 15.8 Å². The maximum atomic E-state index is 13.8. The number of quaternary nitrogens is 1. The minimum atomic E-state index is -0.415. The van der Waals surface area contributed by atoms with Crippen molar-refractivity contribution in [3.05, 3.63) is 60.7 Å². The van der Waals surface area contributed by atoms with Crippen LogP contribution >= 0.6 is 0 Å². The van der Waals surface area contributed by atoms with Gasteiger partial charge in [-0.15, -0.1) is 0 Å². The molecule has 0 aromatic heterocycles. The molecule has 2 rings (SSSR count). The van der Waals surface area contributed by atoms with Gasteiger partial charge in [-0.05, 0) is 30.7 Å². The molecule has 0 saturated heterocycles. The van der Waals surface area contributed by atoms with E-state index in [1.165, 1.54) is 0 Å². The lowest BCUT2D eigenvalue weighted by Gasteiger charge is -2.34. The van der Waals surface area contributed by atoms with Gasteiger partial charge in [0.25, 0.3) is 0 Å². The molecule has 0 saturated carbocycles. The van der Waals surface area contributed by atoms with Crippen LogP contribution in [0.5, 0.6) is 0 Å². The van der Waals surface area contributed by atoms with Gasteiger partial charge in [0.15, 0.2) is 0 Å². The Morgan fingerprint density at radius 2 is 1.28 bits per heavy atom. The van der Waals surface area contributed by atoms with E-state index in [-0.39, 0.29) is 4.48 Å². The topological polar surface area (TPSA) is 0 Å². The Kier molecular flexibility index (Phi) is 4.11. The van der Waals surface area contributed by atoms with E-state index >= 15 is 0 Å². The average molecular weight is 244 g/mol. The van der Waals surface area contributed by atoms with Crippen LogP contribution < -0.4 is 4.48 Å². The zero-order valence-corrected chi connectivity index (χ0v) is 10.7. The third kappa shape index (κ3) is 2.29. The molecule has 0 spiro atoms. The Hall–Kier alpha value is -1.67. The van der Waals surface area contributed by atoms with Crippen LogP contribution in [0.1, 0.15) is 13.3 Å². The van der Waals surface area contributed by atoms with Crippen molar-refractivity contribution in [1.82, 2.24) is 4.48 Å². The maximum absolute atomic E-state index is 13.8. The molecule has 2 aromatic rings. The second kappa shape index (κ2) is 5.78. The predicted octanol–water partition coefficient (Wildman–Crippen LogP) is 4.66. The number of para-hydroxylation sites is 2. The fourth-order valence-corrected chi connectivity index (χ4v) is 2.41. The number of nitrogens with zero attached hydrogens (tertiary/aromatic N) is 1. The molecule has 0 aliphatic rings. The Morgan fingerprint density at radius 3 is 1.61 bits per heavy atom. The zero-order chi connectivity index (χ0) is 12.8. The number of hydrogen-bond acceptors (Lipinski definition) is 0. The first-order valence-electron chi connectivity index (χ1n) is 6.38. The largest absolute Gasteiger partial charge is 0.233 e. The van der Waals surface area contributed by atoms with Crippen molar-refractivity contribution in [3.63, 3.8) is 0 Å². The van der Waals surface area contributed by atoms with Gasteiger partial charge in [0, 0.05) is 0 Å². The van der Waals surface area contributed by atoms with Gasteiger partial charge >= 0.3 is 0 Å². The van der Waals surface area contributed by atoms with Gasteiger partial charge in [0.2, 0.25) is 6.80 Å². The summed E-state index contributed by atoms with van der Waals surface area (Å²) < 4.78 is 14.1. The monoisotopic (exact) mass is 244 g/mol. The SMILES string of the molecule is CCC[N+](CF)(c1ccccc1)c1ccccc1. The third-order valence-electron chi connectivity index (χ3n) is 3.31. The van der Waals surface area contributed by atoms with E-state index in [1.54, 1.807) is 0 Å². The highest BCUT2D eigenvalue weighted by Gasteiger charge is 2.32. The normalized spacial score (nSPS) is 11.4. The highest BCUT2D eigenvalue weighted by molar-refractivity contribution is 5.57. The molecular formula is C16H19FN+. The summed E-state index contributed by atoms with van der Waals surface area (Å²) in [6, 6.07) is 19.8. The van der Waals surface area contributed by atoms with Gasteiger partial charge in [-0.25, -0.2) is 4.48 Å². The lowest BCUT2D eigenvalue weighted by Crippen LogP contribution is -2.44. The molecule has 0 bridgehead atoms. The third-order valence-corrected chi connectivity index (χ3v) is 3.31. The van der Waals surface area contributed by atoms with E-state index in [0.717, 1.165) is 24.3 Å². The van der Waals surface area contributed by atoms with Crippen LogP contribution in [0.15, 0.2) is 60.7 Å². The molecule has 0 fully saturated rings. The Labute approximate surface area is 108 Å². The van der Waals surface area contributed by atoms with Gasteiger partial charge in [-0.3, -0.25) is 0 Å². The lowest BCUT2D eigenvalue weighted by atomic mass is 10.1. The Bertz CT molecular complexity index is 427. The number of hydrogen-bond donors (Lipinski definition) is 0. The second-order valence-electron chi connectivity index (χ2n) is 4.48. The Balaban J connectivity index is 2.53. The van der Waals surface area contributed by atoms with Crippen LogP contribution in [-0.2, 0) is 0 Å². The molecule has 0 aliphatic heterocycles. The van der Waals surface area contributed by atoms with E-state index < -0.39 is 6.80 Å². The molecular weight excluding hydrogens is 225 g/mol. The van der Waals surface area contributed by atoms with Gasteiger partial charge in [0.05, 0.1) is 6.54 Å². The number of alkyl halides is 1.